The van der Waals surface area contributed by atoms with E-state index in [9.17, 15) is 4.79 Å². The van der Waals surface area contributed by atoms with E-state index in [-0.39, 0.29) is 5.92 Å². The smallest absolute Gasteiger partial charge is 0.402 e. The molecule has 0 aromatic rings. The third kappa shape index (κ3) is 8.83. The van der Waals surface area contributed by atoms with Gasteiger partial charge in [-0.25, -0.2) is 4.79 Å². The van der Waals surface area contributed by atoms with Crippen LogP contribution in [0.5, 0.6) is 0 Å². The van der Waals surface area contributed by atoms with Crippen molar-refractivity contribution in [3.63, 3.8) is 0 Å². The molecule has 1 N–H and O–H groups in total. The number of rotatable bonds is 11. The minimum Gasteiger partial charge on any atom is -0.402 e. The Kier molecular flexibility index (Phi) is 11.7. The van der Waals surface area contributed by atoms with Crippen molar-refractivity contribution in [1.29, 1.82) is 0 Å². The summed E-state index contributed by atoms with van der Waals surface area (Å²) in [4.78, 5) is 14.6. The van der Waals surface area contributed by atoms with Crippen LogP contribution in [-0.2, 0) is 14.4 Å². The van der Waals surface area contributed by atoms with E-state index in [2.05, 4.69) is 18.7 Å². The molecular weight excluding hydrogens is 248 g/mol. The Labute approximate surface area is 116 Å². The Bertz CT molecular complexity index is 220. The van der Waals surface area contributed by atoms with Crippen LogP contribution in [0.25, 0.3) is 0 Å². The molecule has 0 aliphatic carbocycles. The summed E-state index contributed by atoms with van der Waals surface area (Å²) in [6.07, 6.45) is 5.34. The molecule has 0 saturated carbocycles. The standard InChI is InChI=1S/C14H28O5/c1-4-7-9-11-17-13(18-14(15)19-16)12(6-3)10-8-5-2/h12-13,16H,4-11H2,1-3H3. The van der Waals surface area contributed by atoms with Gasteiger partial charge >= 0.3 is 6.16 Å². The Morgan fingerprint density at radius 1 is 1.11 bits per heavy atom. The SMILES string of the molecule is CCCCCOC(OC(=O)OO)C(CC)CCCC. The van der Waals surface area contributed by atoms with Crippen LogP contribution in [0.3, 0.4) is 0 Å². The molecule has 0 bridgehead atoms. The molecule has 2 atom stereocenters. The third-order valence-corrected chi connectivity index (χ3v) is 3.15. The highest BCUT2D eigenvalue weighted by atomic mass is 17.2. The van der Waals surface area contributed by atoms with E-state index in [0.29, 0.717) is 6.61 Å². The quantitative estimate of drug-likeness (QED) is 0.200. The van der Waals surface area contributed by atoms with Crippen molar-refractivity contribution in [2.45, 2.75) is 72.0 Å². The van der Waals surface area contributed by atoms with Gasteiger partial charge in [0.15, 0.2) is 0 Å². The zero-order valence-corrected chi connectivity index (χ0v) is 12.4. The molecule has 0 aromatic heterocycles. The molecule has 2 unspecified atom stereocenters. The number of carbonyl (C=O) groups excluding carboxylic acids is 1. The number of unbranched alkanes of at least 4 members (excludes halogenated alkanes) is 3. The van der Waals surface area contributed by atoms with E-state index in [1.54, 1.807) is 0 Å². The van der Waals surface area contributed by atoms with Crippen molar-refractivity contribution in [1.82, 2.24) is 0 Å². The first-order valence-electron chi connectivity index (χ1n) is 7.33. The summed E-state index contributed by atoms with van der Waals surface area (Å²) in [7, 11) is 0. The maximum absolute atomic E-state index is 11.0. The molecular formula is C14H28O5. The summed E-state index contributed by atoms with van der Waals surface area (Å²) in [6.45, 7) is 6.83. The molecule has 0 spiro atoms. The fourth-order valence-corrected chi connectivity index (χ4v) is 1.93. The second-order valence-electron chi connectivity index (χ2n) is 4.72. The topological polar surface area (TPSA) is 65.0 Å². The minimum absolute atomic E-state index is 0.140. The average Bonchev–Trinajstić information content (AvgIpc) is 2.43. The van der Waals surface area contributed by atoms with Crippen LogP contribution in [-0.4, -0.2) is 24.3 Å². The highest BCUT2D eigenvalue weighted by Crippen LogP contribution is 2.21. The fourth-order valence-electron chi connectivity index (χ4n) is 1.93. The maximum atomic E-state index is 11.0. The molecule has 114 valence electrons. The first-order chi connectivity index (χ1) is 9.19. The molecule has 5 nitrogen and oxygen atoms in total. The lowest BCUT2D eigenvalue weighted by atomic mass is 9.99. The van der Waals surface area contributed by atoms with Gasteiger partial charge in [-0.1, -0.05) is 46.5 Å². The average molecular weight is 276 g/mol. The van der Waals surface area contributed by atoms with Crippen LogP contribution < -0.4 is 0 Å². The predicted octanol–water partition coefficient (Wildman–Crippen LogP) is 4.36. The highest BCUT2D eigenvalue weighted by molar-refractivity contribution is 5.58. The molecule has 0 radical (unpaired) electrons. The number of carbonyl (C=O) groups is 1. The summed E-state index contributed by atoms with van der Waals surface area (Å²) < 4.78 is 10.6. The van der Waals surface area contributed by atoms with E-state index in [4.69, 9.17) is 14.7 Å². The van der Waals surface area contributed by atoms with E-state index < -0.39 is 12.4 Å². The van der Waals surface area contributed by atoms with Gasteiger partial charge in [0.1, 0.15) is 0 Å². The zero-order valence-electron chi connectivity index (χ0n) is 12.4. The van der Waals surface area contributed by atoms with Gasteiger partial charge in [0, 0.05) is 5.92 Å². The van der Waals surface area contributed by atoms with Crippen LogP contribution in [0.1, 0.15) is 65.7 Å². The molecule has 0 heterocycles. The van der Waals surface area contributed by atoms with Gasteiger partial charge in [-0.05, 0) is 19.3 Å². The molecule has 0 amide bonds. The molecule has 0 rings (SSSR count). The monoisotopic (exact) mass is 276 g/mol. The lowest BCUT2D eigenvalue weighted by molar-refractivity contribution is -0.233. The zero-order chi connectivity index (χ0) is 14.5. The Hall–Kier alpha value is -0.810. The second-order valence-corrected chi connectivity index (χ2v) is 4.72. The molecule has 5 heteroatoms. The first-order valence-corrected chi connectivity index (χ1v) is 7.33. The fraction of sp³-hybridized carbons (Fsp3) is 0.929. The van der Waals surface area contributed by atoms with Gasteiger partial charge in [-0.3, -0.25) is 4.89 Å². The Morgan fingerprint density at radius 3 is 2.32 bits per heavy atom. The van der Waals surface area contributed by atoms with Crippen LogP contribution in [0.15, 0.2) is 0 Å². The molecule has 0 fully saturated rings. The van der Waals surface area contributed by atoms with Crippen LogP contribution >= 0.6 is 0 Å². The normalized spacial score (nSPS) is 13.9. The van der Waals surface area contributed by atoms with E-state index >= 15 is 0 Å². The van der Waals surface area contributed by atoms with Crippen molar-refractivity contribution in [3.8, 4) is 0 Å². The van der Waals surface area contributed by atoms with Crippen molar-refractivity contribution < 1.29 is 24.4 Å². The first kappa shape index (κ1) is 18.2. The molecule has 0 aromatic carbocycles. The van der Waals surface area contributed by atoms with Crippen molar-refractivity contribution in [3.05, 3.63) is 0 Å². The van der Waals surface area contributed by atoms with Gasteiger partial charge in [0.25, 0.3) is 0 Å². The van der Waals surface area contributed by atoms with Crippen LogP contribution in [0.4, 0.5) is 4.79 Å². The van der Waals surface area contributed by atoms with E-state index in [1.165, 1.54) is 0 Å². The molecule has 0 aliphatic rings. The number of ether oxygens (including phenoxy) is 2. The summed E-state index contributed by atoms with van der Waals surface area (Å²) in [5.74, 6) is 0.140. The second kappa shape index (κ2) is 12.2. The van der Waals surface area contributed by atoms with Crippen LogP contribution in [0.2, 0.25) is 0 Å². The lowest BCUT2D eigenvalue weighted by Gasteiger charge is -2.25. The largest absolute Gasteiger partial charge is 0.542 e. The van der Waals surface area contributed by atoms with E-state index in [1.807, 2.05) is 6.92 Å². The van der Waals surface area contributed by atoms with E-state index in [0.717, 1.165) is 44.9 Å². The molecule has 0 saturated heterocycles. The third-order valence-electron chi connectivity index (χ3n) is 3.15. The maximum Gasteiger partial charge on any atom is 0.542 e. The summed E-state index contributed by atoms with van der Waals surface area (Å²) in [6, 6.07) is 0. The van der Waals surface area contributed by atoms with Crippen molar-refractivity contribution in [2.75, 3.05) is 6.61 Å². The van der Waals surface area contributed by atoms with Gasteiger partial charge < -0.3 is 9.47 Å². The predicted molar refractivity (Wildman–Crippen MR) is 72.8 cm³/mol. The van der Waals surface area contributed by atoms with Gasteiger partial charge in [0.05, 0.1) is 6.61 Å². The Balaban J connectivity index is 4.30. The van der Waals surface area contributed by atoms with Gasteiger partial charge in [-0.15, -0.1) is 0 Å². The van der Waals surface area contributed by atoms with Crippen LogP contribution in [0, 0.1) is 5.92 Å². The summed E-state index contributed by atoms with van der Waals surface area (Å²) in [5.41, 5.74) is 0. The van der Waals surface area contributed by atoms with Crippen molar-refractivity contribution in [2.24, 2.45) is 5.92 Å². The summed E-state index contributed by atoms with van der Waals surface area (Å²) >= 11 is 0. The molecule has 19 heavy (non-hydrogen) atoms. The lowest BCUT2D eigenvalue weighted by Crippen LogP contribution is -2.30. The molecule has 0 aliphatic heterocycles. The highest BCUT2D eigenvalue weighted by Gasteiger charge is 2.25. The van der Waals surface area contributed by atoms with Gasteiger partial charge in [0.2, 0.25) is 6.29 Å². The van der Waals surface area contributed by atoms with Gasteiger partial charge in [-0.2, -0.15) is 5.26 Å². The minimum atomic E-state index is -1.10. The Morgan fingerprint density at radius 2 is 1.79 bits per heavy atom. The number of hydrogen-bond acceptors (Lipinski definition) is 5. The number of hydrogen-bond donors (Lipinski definition) is 1. The van der Waals surface area contributed by atoms with Crippen molar-refractivity contribution >= 4 is 6.16 Å². The summed E-state index contributed by atoms with van der Waals surface area (Å²) in [5, 5.41) is 8.29.